The number of nitrogen functional groups attached to an aromatic ring is 1. The second kappa shape index (κ2) is 11.0. The van der Waals surface area contributed by atoms with Crippen molar-refractivity contribution in [2.45, 2.75) is 70.7 Å². The Morgan fingerprint density at radius 2 is 1.85 bits per heavy atom. The van der Waals surface area contributed by atoms with Gasteiger partial charge in [0.15, 0.2) is 5.65 Å². The van der Waals surface area contributed by atoms with Crippen LogP contribution >= 0.6 is 0 Å². The monoisotopic (exact) mass is 536 g/mol. The molecule has 39 heavy (non-hydrogen) atoms. The van der Waals surface area contributed by atoms with Crippen LogP contribution in [0.1, 0.15) is 46.5 Å². The first-order valence-corrected chi connectivity index (χ1v) is 13.7. The second-order valence-electron chi connectivity index (χ2n) is 11.5. The van der Waals surface area contributed by atoms with Gasteiger partial charge in [0, 0.05) is 24.2 Å². The Kier molecular flexibility index (Phi) is 7.64. The molecule has 3 heterocycles. The molecule has 11 heteroatoms. The van der Waals surface area contributed by atoms with Crippen molar-refractivity contribution in [3.05, 3.63) is 24.5 Å². The number of rotatable bonds is 8. The predicted octanol–water partition coefficient (Wildman–Crippen LogP) is 3.99. The third-order valence-corrected chi connectivity index (χ3v) is 7.55. The van der Waals surface area contributed by atoms with Gasteiger partial charge in [-0.2, -0.15) is 5.10 Å². The number of hydrogen-bond donors (Lipinski definition) is 2. The highest BCUT2D eigenvalue weighted by atomic mass is 16.6. The summed E-state index contributed by atoms with van der Waals surface area (Å²) in [5.41, 5.74) is 8.38. The maximum atomic E-state index is 12.3. The number of nitrogens with two attached hydrogens (primary N) is 1. The summed E-state index contributed by atoms with van der Waals surface area (Å²) in [6.45, 7) is 9.22. The standard InChI is InChI=1S/C28H40N8O3/c1-28(2,3)39-27(37)32-21-9-6-18(16-22(21)38-5)24-23-25(29)30-17-31-26(23)36(33-24)15-14-35-12-10-20(11-13-35)34(4)19-7-8-19/h6,9,16-17,19-20H,7-8,10-15H2,1-5H3,(H,32,37)(H2,29,30,31). The van der Waals surface area contributed by atoms with Crippen LogP contribution < -0.4 is 15.8 Å². The Morgan fingerprint density at radius 1 is 1.13 bits per heavy atom. The highest BCUT2D eigenvalue weighted by molar-refractivity contribution is 5.99. The molecule has 11 nitrogen and oxygen atoms in total. The van der Waals surface area contributed by atoms with Crippen molar-refractivity contribution >= 4 is 28.6 Å². The Labute approximate surface area is 229 Å². The summed E-state index contributed by atoms with van der Waals surface area (Å²) >= 11 is 0. The van der Waals surface area contributed by atoms with Gasteiger partial charge in [-0.15, -0.1) is 0 Å². The summed E-state index contributed by atoms with van der Waals surface area (Å²) in [6.07, 6.45) is 6.04. The minimum absolute atomic E-state index is 0.375. The van der Waals surface area contributed by atoms with Gasteiger partial charge in [0.05, 0.1) is 24.7 Å². The lowest BCUT2D eigenvalue weighted by Crippen LogP contribution is -2.44. The average molecular weight is 537 g/mol. The van der Waals surface area contributed by atoms with Crippen molar-refractivity contribution < 1.29 is 14.3 Å². The number of benzene rings is 1. The minimum atomic E-state index is -0.608. The molecule has 0 radical (unpaired) electrons. The molecule has 2 aromatic heterocycles. The van der Waals surface area contributed by atoms with Gasteiger partial charge < -0.3 is 25.0 Å². The topological polar surface area (TPSA) is 124 Å². The molecule has 1 aromatic carbocycles. The Bertz CT molecular complexity index is 1320. The lowest BCUT2D eigenvalue weighted by atomic mass is 10.0. The van der Waals surface area contributed by atoms with Gasteiger partial charge in [0.2, 0.25) is 0 Å². The number of likely N-dealkylation sites (tertiary alicyclic amines) is 1. The molecule has 1 saturated carbocycles. The SMILES string of the molecule is COc1cc(-c2nn(CCN3CCC(N(C)C4CC4)CC3)c3ncnc(N)c23)ccc1NC(=O)OC(C)(C)C. The molecule has 0 unspecified atom stereocenters. The maximum absolute atomic E-state index is 12.3. The van der Waals surface area contributed by atoms with Crippen molar-refractivity contribution in [3.63, 3.8) is 0 Å². The predicted molar refractivity (Wildman–Crippen MR) is 152 cm³/mol. The molecule has 5 rings (SSSR count). The van der Waals surface area contributed by atoms with E-state index >= 15 is 0 Å². The third-order valence-electron chi connectivity index (χ3n) is 7.55. The number of aromatic nitrogens is 4. The van der Waals surface area contributed by atoms with E-state index in [-0.39, 0.29) is 0 Å². The number of ether oxygens (including phenoxy) is 2. The number of nitrogens with zero attached hydrogens (tertiary/aromatic N) is 6. The van der Waals surface area contributed by atoms with E-state index in [1.807, 2.05) is 37.6 Å². The van der Waals surface area contributed by atoms with Gasteiger partial charge >= 0.3 is 6.09 Å². The number of fused-ring (bicyclic) bond motifs is 1. The fourth-order valence-electron chi connectivity index (χ4n) is 5.31. The number of nitrogens with one attached hydrogen (secondary N) is 1. The number of piperidine rings is 1. The molecule has 2 fully saturated rings. The first kappa shape index (κ1) is 27.1. The summed E-state index contributed by atoms with van der Waals surface area (Å²) in [4.78, 5) is 26.2. The zero-order valence-corrected chi connectivity index (χ0v) is 23.6. The Morgan fingerprint density at radius 3 is 2.51 bits per heavy atom. The number of carbonyl (C=O) groups excluding carboxylic acids is 1. The van der Waals surface area contributed by atoms with Crippen LogP contribution in [0.15, 0.2) is 24.5 Å². The van der Waals surface area contributed by atoms with Gasteiger partial charge in [0.1, 0.15) is 29.2 Å². The van der Waals surface area contributed by atoms with Crippen molar-refractivity contribution in [2.24, 2.45) is 0 Å². The molecule has 1 aliphatic heterocycles. The maximum Gasteiger partial charge on any atom is 0.412 e. The second-order valence-corrected chi connectivity index (χ2v) is 11.5. The van der Waals surface area contributed by atoms with Crippen molar-refractivity contribution in [1.82, 2.24) is 29.5 Å². The Balaban J connectivity index is 1.33. The largest absolute Gasteiger partial charge is 0.495 e. The van der Waals surface area contributed by atoms with E-state index in [0.717, 1.165) is 31.2 Å². The van der Waals surface area contributed by atoms with E-state index in [9.17, 15) is 4.79 Å². The van der Waals surface area contributed by atoms with Gasteiger partial charge in [-0.1, -0.05) is 6.07 Å². The van der Waals surface area contributed by atoms with Crippen molar-refractivity contribution in [3.8, 4) is 17.0 Å². The number of amides is 1. The summed E-state index contributed by atoms with van der Waals surface area (Å²) < 4.78 is 12.9. The first-order valence-electron chi connectivity index (χ1n) is 13.7. The van der Waals surface area contributed by atoms with Crippen LogP contribution in [0.4, 0.5) is 16.3 Å². The highest BCUT2D eigenvalue weighted by Crippen LogP contribution is 2.35. The quantitative estimate of drug-likeness (QED) is 0.440. The van der Waals surface area contributed by atoms with Crippen LogP contribution in [-0.2, 0) is 11.3 Å². The summed E-state index contributed by atoms with van der Waals surface area (Å²) in [5.74, 6) is 0.857. The van der Waals surface area contributed by atoms with Crippen LogP contribution in [0, 0.1) is 0 Å². The van der Waals surface area contributed by atoms with Crippen molar-refractivity contribution in [1.29, 1.82) is 0 Å². The molecule has 0 atom stereocenters. The average Bonchev–Trinajstić information content (AvgIpc) is 3.68. The van der Waals surface area contributed by atoms with Gasteiger partial charge in [-0.25, -0.2) is 19.4 Å². The van der Waals surface area contributed by atoms with Crippen LogP contribution in [0.3, 0.4) is 0 Å². The number of methoxy groups -OCH3 is 1. The molecular formula is C28H40N8O3. The minimum Gasteiger partial charge on any atom is -0.495 e. The molecule has 2 aliphatic rings. The van der Waals surface area contributed by atoms with E-state index in [4.69, 9.17) is 20.3 Å². The number of anilines is 2. The van der Waals surface area contributed by atoms with Gasteiger partial charge in [-0.05, 0) is 78.7 Å². The zero-order chi connectivity index (χ0) is 27.7. The lowest BCUT2D eigenvalue weighted by Gasteiger charge is -2.36. The van der Waals surface area contributed by atoms with E-state index in [0.29, 0.717) is 46.6 Å². The summed E-state index contributed by atoms with van der Waals surface area (Å²) in [5, 5.41) is 8.39. The molecule has 1 aliphatic carbocycles. The highest BCUT2D eigenvalue weighted by Gasteiger charge is 2.32. The van der Waals surface area contributed by atoms with E-state index in [1.165, 1.54) is 32.0 Å². The third kappa shape index (κ3) is 6.25. The fraction of sp³-hybridized carbons (Fsp3) is 0.571. The number of carbonyl (C=O) groups is 1. The van der Waals surface area contributed by atoms with Gasteiger partial charge in [-0.3, -0.25) is 5.32 Å². The zero-order valence-electron chi connectivity index (χ0n) is 23.6. The van der Waals surface area contributed by atoms with Crippen molar-refractivity contribution in [2.75, 3.05) is 44.8 Å². The van der Waals surface area contributed by atoms with E-state index in [2.05, 4.69) is 32.1 Å². The fourth-order valence-corrected chi connectivity index (χ4v) is 5.31. The van der Waals surface area contributed by atoms with E-state index < -0.39 is 11.7 Å². The van der Waals surface area contributed by atoms with Crippen LogP contribution in [0.5, 0.6) is 5.75 Å². The van der Waals surface area contributed by atoms with Crippen LogP contribution in [-0.4, -0.2) is 87.1 Å². The smallest absolute Gasteiger partial charge is 0.412 e. The molecule has 1 amide bonds. The van der Waals surface area contributed by atoms with Crippen LogP contribution in [0.2, 0.25) is 0 Å². The molecule has 1 saturated heterocycles. The van der Waals surface area contributed by atoms with Gasteiger partial charge in [0.25, 0.3) is 0 Å². The molecule has 210 valence electrons. The summed E-state index contributed by atoms with van der Waals surface area (Å²) in [6, 6.07) is 6.97. The summed E-state index contributed by atoms with van der Waals surface area (Å²) in [7, 11) is 3.84. The van der Waals surface area contributed by atoms with Crippen LogP contribution in [0.25, 0.3) is 22.3 Å². The molecular weight excluding hydrogens is 496 g/mol. The first-order chi connectivity index (χ1) is 18.6. The number of hydrogen-bond acceptors (Lipinski definition) is 9. The molecule has 3 aromatic rings. The molecule has 0 spiro atoms. The van der Waals surface area contributed by atoms with E-state index in [1.54, 1.807) is 13.2 Å². The lowest BCUT2D eigenvalue weighted by molar-refractivity contribution is 0.0635. The molecule has 3 N–H and O–H groups in total. The Hall–Kier alpha value is -3.44. The molecule has 0 bridgehead atoms. The normalized spacial score (nSPS) is 17.1.